The molecular weight excluding hydrogens is 522 g/mol. The molecule has 5 nitrogen and oxygen atoms in total. The van der Waals surface area contributed by atoms with Crippen molar-refractivity contribution in [1.82, 2.24) is 14.7 Å². The van der Waals surface area contributed by atoms with E-state index in [-0.39, 0.29) is 5.91 Å². The first-order valence-corrected chi connectivity index (χ1v) is 13.5. The van der Waals surface area contributed by atoms with Gasteiger partial charge < -0.3 is 4.74 Å². The molecular formula is C29H24ClN3O2S2. The predicted octanol–water partition coefficient (Wildman–Crippen LogP) is 7.04. The molecule has 0 unspecified atom stereocenters. The number of carbonyl (C=O) groups excluding carboxylic acids is 1. The van der Waals surface area contributed by atoms with Crippen molar-refractivity contribution in [1.29, 1.82) is 0 Å². The number of thioether (sulfide) groups is 1. The summed E-state index contributed by atoms with van der Waals surface area (Å²) in [5.41, 5.74) is 4.42. The molecule has 1 aromatic heterocycles. The summed E-state index contributed by atoms with van der Waals surface area (Å²) in [5.74, 6) is 0.533. The predicted molar refractivity (Wildman–Crippen MR) is 155 cm³/mol. The Morgan fingerprint density at radius 3 is 2.49 bits per heavy atom. The zero-order valence-corrected chi connectivity index (χ0v) is 22.5. The van der Waals surface area contributed by atoms with E-state index in [0.29, 0.717) is 38.8 Å². The van der Waals surface area contributed by atoms with Gasteiger partial charge in [-0.1, -0.05) is 84.1 Å². The molecule has 0 radical (unpaired) electrons. The van der Waals surface area contributed by atoms with Crippen molar-refractivity contribution in [2.75, 3.05) is 13.2 Å². The van der Waals surface area contributed by atoms with Gasteiger partial charge in [0.05, 0.1) is 22.2 Å². The van der Waals surface area contributed by atoms with Crippen LogP contribution in [0.2, 0.25) is 5.02 Å². The average Bonchev–Trinajstić information content (AvgIpc) is 3.45. The van der Waals surface area contributed by atoms with Gasteiger partial charge >= 0.3 is 0 Å². The topological polar surface area (TPSA) is 47.4 Å². The molecule has 1 aliphatic rings. The molecule has 186 valence electrons. The van der Waals surface area contributed by atoms with Gasteiger partial charge in [0.1, 0.15) is 15.8 Å². The fourth-order valence-electron chi connectivity index (χ4n) is 4.07. The number of nitrogens with zero attached hydrogens (tertiary/aromatic N) is 3. The van der Waals surface area contributed by atoms with Crippen LogP contribution in [-0.2, 0) is 11.2 Å². The Morgan fingerprint density at radius 2 is 1.78 bits per heavy atom. The molecule has 0 atom stereocenters. The van der Waals surface area contributed by atoms with E-state index in [0.717, 1.165) is 23.2 Å². The van der Waals surface area contributed by atoms with Crippen LogP contribution in [0.3, 0.4) is 0 Å². The monoisotopic (exact) mass is 545 g/mol. The highest BCUT2D eigenvalue weighted by Crippen LogP contribution is 2.36. The van der Waals surface area contributed by atoms with Crippen LogP contribution in [0.25, 0.3) is 23.0 Å². The van der Waals surface area contributed by atoms with Crippen LogP contribution in [0.4, 0.5) is 0 Å². The minimum absolute atomic E-state index is 0.0888. The first-order valence-electron chi connectivity index (χ1n) is 11.9. The number of amides is 1. The quantitative estimate of drug-likeness (QED) is 0.176. The van der Waals surface area contributed by atoms with Crippen LogP contribution < -0.4 is 4.74 Å². The van der Waals surface area contributed by atoms with Crippen LogP contribution in [0.5, 0.6) is 5.75 Å². The number of thiocarbonyl (C=S) groups is 1. The molecule has 2 heterocycles. The minimum Gasteiger partial charge on any atom is -0.492 e. The summed E-state index contributed by atoms with van der Waals surface area (Å²) in [5, 5.41) is 5.36. The summed E-state index contributed by atoms with van der Waals surface area (Å²) in [6.07, 6.45) is 4.53. The lowest BCUT2D eigenvalue weighted by Gasteiger charge is -2.14. The third-order valence-corrected chi connectivity index (χ3v) is 7.57. The Balaban J connectivity index is 1.48. The normalized spacial score (nSPS) is 14.5. The summed E-state index contributed by atoms with van der Waals surface area (Å²) >= 11 is 13.4. The van der Waals surface area contributed by atoms with Crippen LogP contribution in [0.1, 0.15) is 18.1 Å². The lowest BCUT2D eigenvalue weighted by molar-refractivity contribution is -0.122. The maximum Gasteiger partial charge on any atom is 0.266 e. The molecule has 8 heteroatoms. The van der Waals surface area contributed by atoms with E-state index in [2.05, 4.69) is 12.1 Å². The summed E-state index contributed by atoms with van der Waals surface area (Å²) in [4.78, 5) is 15.6. The molecule has 5 rings (SSSR count). The van der Waals surface area contributed by atoms with E-state index in [4.69, 9.17) is 33.7 Å². The molecule has 4 aromatic rings. The van der Waals surface area contributed by atoms with Gasteiger partial charge in [0, 0.05) is 23.9 Å². The van der Waals surface area contributed by atoms with Crippen molar-refractivity contribution < 1.29 is 9.53 Å². The standard InChI is InChI=1S/C29H24ClN3O2S2/c1-2-35-25-14-13-21(17-24(25)30)27-22(19-33(31-27)23-11-7-4-8-12-23)18-26-28(34)32(29(36)37-26)16-15-20-9-5-3-6-10-20/h3-14,17-19H,2,15-16H2,1H3/b26-18-. The van der Waals surface area contributed by atoms with Crippen LogP contribution in [0, 0.1) is 0 Å². The zero-order valence-electron chi connectivity index (χ0n) is 20.1. The summed E-state index contributed by atoms with van der Waals surface area (Å²) < 4.78 is 7.97. The van der Waals surface area contributed by atoms with E-state index in [1.54, 1.807) is 4.90 Å². The van der Waals surface area contributed by atoms with Gasteiger partial charge in [0.25, 0.3) is 5.91 Å². The third kappa shape index (κ3) is 5.64. The second kappa shape index (κ2) is 11.3. The molecule has 1 fully saturated rings. The number of para-hydroxylation sites is 1. The van der Waals surface area contributed by atoms with Crippen molar-refractivity contribution in [2.45, 2.75) is 13.3 Å². The van der Waals surface area contributed by atoms with Crippen LogP contribution >= 0.6 is 35.6 Å². The summed E-state index contributed by atoms with van der Waals surface area (Å²) in [6.45, 7) is 2.98. The Morgan fingerprint density at radius 1 is 1.05 bits per heavy atom. The molecule has 1 amide bonds. The van der Waals surface area contributed by atoms with Crippen LogP contribution in [-0.4, -0.2) is 38.1 Å². The zero-order chi connectivity index (χ0) is 25.8. The number of hydrogen-bond acceptors (Lipinski definition) is 5. The maximum atomic E-state index is 13.3. The fourth-order valence-corrected chi connectivity index (χ4v) is 5.61. The number of ether oxygens (including phenoxy) is 1. The van der Waals surface area contributed by atoms with Gasteiger partial charge in [-0.3, -0.25) is 9.69 Å². The Bertz CT molecular complexity index is 1470. The molecule has 0 aliphatic carbocycles. The van der Waals surface area contributed by atoms with E-state index >= 15 is 0 Å². The van der Waals surface area contributed by atoms with E-state index in [1.807, 2.05) is 90.6 Å². The fraction of sp³-hybridized carbons (Fsp3) is 0.138. The lowest BCUT2D eigenvalue weighted by Crippen LogP contribution is -2.30. The average molecular weight is 546 g/mol. The highest BCUT2D eigenvalue weighted by Gasteiger charge is 2.32. The summed E-state index contributed by atoms with van der Waals surface area (Å²) in [7, 11) is 0. The molecule has 3 aromatic carbocycles. The van der Waals surface area contributed by atoms with Gasteiger partial charge in [-0.05, 0) is 55.3 Å². The van der Waals surface area contributed by atoms with Gasteiger partial charge in [-0.2, -0.15) is 5.10 Å². The molecule has 1 saturated heterocycles. The Labute approximate surface area is 230 Å². The van der Waals surface area contributed by atoms with E-state index in [9.17, 15) is 4.79 Å². The molecule has 0 saturated carbocycles. The summed E-state index contributed by atoms with van der Waals surface area (Å²) in [6, 6.07) is 25.5. The SMILES string of the molecule is CCOc1ccc(-c2nn(-c3ccccc3)cc2/C=C2\SC(=S)N(CCc3ccccc3)C2=O)cc1Cl. The van der Waals surface area contributed by atoms with Crippen LogP contribution in [0.15, 0.2) is 90.0 Å². The van der Waals surface area contributed by atoms with Crippen molar-refractivity contribution in [2.24, 2.45) is 0 Å². The van der Waals surface area contributed by atoms with Gasteiger partial charge in [-0.25, -0.2) is 4.68 Å². The van der Waals surface area contributed by atoms with Gasteiger partial charge in [0.15, 0.2) is 0 Å². The number of rotatable bonds is 8. The number of hydrogen-bond donors (Lipinski definition) is 0. The number of halogens is 1. The molecule has 0 spiro atoms. The largest absolute Gasteiger partial charge is 0.492 e. The molecule has 0 N–H and O–H groups in total. The molecule has 0 bridgehead atoms. The van der Waals surface area contributed by atoms with Crippen molar-refractivity contribution >= 4 is 51.9 Å². The third-order valence-electron chi connectivity index (χ3n) is 5.90. The second-order valence-corrected chi connectivity index (χ2v) is 10.4. The number of carbonyl (C=O) groups is 1. The van der Waals surface area contributed by atoms with Gasteiger partial charge in [-0.15, -0.1) is 0 Å². The van der Waals surface area contributed by atoms with Gasteiger partial charge in [0.2, 0.25) is 0 Å². The smallest absolute Gasteiger partial charge is 0.266 e. The molecule has 1 aliphatic heterocycles. The Hall–Kier alpha value is -3.39. The van der Waals surface area contributed by atoms with Crippen molar-refractivity contribution in [3.05, 3.63) is 106 Å². The minimum atomic E-state index is -0.0888. The number of benzene rings is 3. The number of aromatic nitrogens is 2. The maximum absolute atomic E-state index is 13.3. The van der Waals surface area contributed by atoms with Crippen molar-refractivity contribution in [3.8, 4) is 22.7 Å². The van der Waals surface area contributed by atoms with E-state index < -0.39 is 0 Å². The highest BCUT2D eigenvalue weighted by molar-refractivity contribution is 8.26. The van der Waals surface area contributed by atoms with E-state index in [1.165, 1.54) is 17.3 Å². The Kier molecular flexibility index (Phi) is 7.74. The second-order valence-electron chi connectivity index (χ2n) is 8.36. The molecule has 37 heavy (non-hydrogen) atoms. The lowest BCUT2D eigenvalue weighted by atomic mass is 10.1. The first-order chi connectivity index (χ1) is 18.0. The first kappa shape index (κ1) is 25.3. The highest BCUT2D eigenvalue weighted by atomic mass is 35.5. The van der Waals surface area contributed by atoms with Crippen molar-refractivity contribution in [3.63, 3.8) is 0 Å².